The quantitative estimate of drug-likeness (QED) is 0.415. The highest BCUT2D eigenvalue weighted by atomic mass is 16.5. The molecular formula is C25H24N4O4. The number of rotatable bonds is 10. The Balaban J connectivity index is 1.54. The third kappa shape index (κ3) is 7.62. The molecule has 0 aliphatic rings. The summed E-state index contributed by atoms with van der Waals surface area (Å²) in [5.74, 6) is -0.603. The second-order valence-corrected chi connectivity index (χ2v) is 7.02. The molecule has 0 radical (unpaired) electrons. The van der Waals surface area contributed by atoms with Crippen LogP contribution in [0.25, 0.3) is 6.08 Å². The molecule has 3 aromatic rings. The Morgan fingerprint density at radius 1 is 0.970 bits per heavy atom. The molecule has 8 heteroatoms. The van der Waals surface area contributed by atoms with Crippen LogP contribution in [-0.2, 0) is 16.2 Å². The zero-order chi connectivity index (χ0) is 23.5. The predicted molar refractivity (Wildman–Crippen MR) is 125 cm³/mol. The number of aromatic nitrogens is 1. The Labute approximate surface area is 191 Å². The Kier molecular flexibility index (Phi) is 8.30. The van der Waals surface area contributed by atoms with Gasteiger partial charge in [-0.25, -0.2) is 0 Å². The SMILES string of the molecule is NC(=O)CCNC(=O)c1ccccc1NC(=O)/C=C/c1ccc(OCc2ccccn2)cc1. The Morgan fingerprint density at radius 3 is 2.45 bits per heavy atom. The number of nitrogens with zero attached hydrogens (tertiary/aromatic N) is 1. The lowest BCUT2D eigenvalue weighted by atomic mass is 10.1. The minimum absolute atomic E-state index is 0.0377. The van der Waals surface area contributed by atoms with E-state index in [-0.39, 0.29) is 24.4 Å². The highest BCUT2D eigenvalue weighted by Crippen LogP contribution is 2.17. The van der Waals surface area contributed by atoms with E-state index < -0.39 is 11.8 Å². The van der Waals surface area contributed by atoms with Gasteiger partial charge in [0.1, 0.15) is 12.4 Å². The zero-order valence-electron chi connectivity index (χ0n) is 17.9. The van der Waals surface area contributed by atoms with Gasteiger partial charge in [0.05, 0.1) is 16.9 Å². The standard InChI is InChI=1S/C25H24N4O4/c26-23(30)14-16-28-25(32)21-6-1-2-7-22(21)29-24(31)13-10-18-8-11-20(12-9-18)33-17-19-5-3-4-15-27-19/h1-13,15H,14,16-17H2,(H2,26,30)(H,28,32)(H,29,31)/b13-10+. The van der Waals surface area contributed by atoms with E-state index in [2.05, 4.69) is 15.6 Å². The molecule has 1 aromatic heterocycles. The summed E-state index contributed by atoms with van der Waals surface area (Å²) in [6.07, 6.45) is 4.79. The van der Waals surface area contributed by atoms with E-state index in [1.165, 1.54) is 6.08 Å². The number of nitrogens with two attached hydrogens (primary N) is 1. The number of ether oxygens (including phenoxy) is 1. The molecule has 168 valence electrons. The van der Waals surface area contributed by atoms with Crippen LogP contribution in [0, 0.1) is 0 Å². The first-order valence-electron chi connectivity index (χ1n) is 10.3. The van der Waals surface area contributed by atoms with E-state index in [1.807, 2.05) is 42.5 Å². The van der Waals surface area contributed by atoms with Crippen LogP contribution in [0.3, 0.4) is 0 Å². The summed E-state index contributed by atoms with van der Waals surface area (Å²) in [7, 11) is 0. The molecule has 0 spiro atoms. The third-order valence-electron chi connectivity index (χ3n) is 4.51. The molecule has 0 unspecified atom stereocenters. The number of primary amides is 1. The van der Waals surface area contributed by atoms with E-state index in [4.69, 9.17) is 10.5 Å². The van der Waals surface area contributed by atoms with E-state index in [9.17, 15) is 14.4 Å². The molecule has 8 nitrogen and oxygen atoms in total. The van der Waals surface area contributed by atoms with Crippen LogP contribution in [0.2, 0.25) is 0 Å². The Morgan fingerprint density at radius 2 is 1.73 bits per heavy atom. The molecule has 0 aliphatic carbocycles. The van der Waals surface area contributed by atoms with Crippen molar-refractivity contribution in [3.8, 4) is 5.75 Å². The summed E-state index contributed by atoms with van der Waals surface area (Å²) >= 11 is 0. The van der Waals surface area contributed by atoms with Crippen molar-refractivity contribution in [2.45, 2.75) is 13.0 Å². The summed E-state index contributed by atoms with van der Waals surface area (Å²) < 4.78 is 5.70. The lowest BCUT2D eigenvalue weighted by Gasteiger charge is -2.10. The molecule has 1 heterocycles. The number of hydrogen-bond acceptors (Lipinski definition) is 5. The fourth-order valence-electron chi connectivity index (χ4n) is 2.85. The second kappa shape index (κ2) is 11.8. The van der Waals surface area contributed by atoms with E-state index in [0.717, 1.165) is 11.3 Å². The van der Waals surface area contributed by atoms with Gasteiger partial charge >= 0.3 is 0 Å². The maximum atomic E-state index is 12.4. The van der Waals surface area contributed by atoms with Crippen molar-refractivity contribution in [3.63, 3.8) is 0 Å². The Bertz CT molecular complexity index is 1130. The first kappa shape index (κ1) is 23.2. The van der Waals surface area contributed by atoms with Gasteiger partial charge in [-0.2, -0.15) is 0 Å². The number of nitrogens with one attached hydrogen (secondary N) is 2. The summed E-state index contributed by atoms with van der Waals surface area (Å²) in [5, 5.41) is 5.30. The van der Waals surface area contributed by atoms with Gasteiger partial charge in [0.15, 0.2) is 0 Å². The number of carbonyl (C=O) groups excluding carboxylic acids is 3. The van der Waals surface area contributed by atoms with Gasteiger partial charge in [0.2, 0.25) is 11.8 Å². The number of hydrogen-bond donors (Lipinski definition) is 3. The fourth-order valence-corrected chi connectivity index (χ4v) is 2.85. The molecule has 0 fully saturated rings. The fraction of sp³-hybridized carbons (Fsp3) is 0.120. The molecule has 3 amide bonds. The van der Waals surface area contributed by atoms with Crippen LogP contribution in [-0.4, -0.2) is 29.3 Å². The van der Waals surface area contributed by atoms with Gasteiger partial charge in [-0.05, 0) is 48.0 Å². The van der Waals surface area contributed by atoms with Gasteiger partial charge in [-0.3, -0.25) is 19.4 Å². The normalized spacial score (nSPS) is 10.5. The van der Waals surface area contributed by atoms with Crippen molar-refractivity contribution in [2.75, 3.05) is 11.9 Å². The van der Waals surface area contributed by atoms with Crippen LogP contribution in [0.4, 0.5) is 5.69 Å². The molecule has 4 N–H and O–H groups in total. The number of para-hydroxylation sites is 1. The second-order valence-electron chi connectivity index (χ2n) is 7.02. The van der Waals surface area contributed by atoms with Gasteiger partial charge in [-0.15, -0.1) is 0 Å². The Hall–Kier alpha value is -4.46. The number of amides is 3. The summed E-state index contributed by atoms with van der Waals surface area (Å²) in [5.41, 5.74) is 7.38. The molecule has 2 aromatic carbocycles. The molecule has 0 saturated heterocycles. The molecule has 3 rings (SSSR count). The van der Waals surface area contributed by atoms with Crippen molar-refractivity contribution in [1.29, 1.82) is 0 Å². The van der Waals surface area contributed by atoms with Gasteiger partial charge < -0.3 is 21.1 Å². The summed E-state index contributed by atoms with van der Waals surface area (Å²) in [6.45, 7) is 0.492. The van der Waals surface area contributed by atoms with Crippen LogP contribution in [0.5, 0.6) is 5.75 Å². The molecule has 0 bridgehead atoms. The van der Waals surface area contributed by atoms with Crippen LogP contribution >= 0.6 is 0 Å². The third-order valence-corrected chi connectivity index (χ3v) is 4.51. The van der Waals surface area contributed by atoms with Crippen molar-refractivity contribution >= 4 is 29.5 Å². The minimum Gasteiger partial charge on any atom is -0.487 e. The molecular weight excluding hydrogens is 420 g/mol. The molecule has 33 heavy (non-hydrogen) atoms. The molecule has 0 aliphatic heterocycles. The van der Waals surface area contributed by atoms with Crippen LogP contribution in [0.1, 0.15) is 28.0 Å². The first-order valence-corrected chi connectivity index (χ1v) is 10.3. The maximum absolute atomic E-state index is 12.4. The number of pyridine rings is 1. The largest absolute Gasteiger partial charge is 0.487 e. The van der Waals surface area contributed by atoms with E-state index in [1.54, 1.807) is 36.5 Å². The average molecular weight is 444 g/mol. The highest BCUT2D eigenvalue weighted by Gasteiger charge is 2.12. The summed E-state index contributed by atoms with van der Waals surface area (Å²) in [4.78, 5) is 39.7. The van der Waals surface area contributed by atoms with Crippen molar-refractivity contribution in [3.05, 3.63) is 95.8 Å². The monoisotopic (exact) mass is 444 g/mol. The number of anilines is 1. The predicted octanol–water partition coefficient (Wildman–Crippen LogP) is 2.92. The van der Waals surface area contributed by atoms with E-state index in [0.29, 0.717) is 18.0 Å². The molecule has 0 saturated carbocycles. The van der Waals surface area contributed by atoms with Crippen LogP contribution in [0.15, 0.2) is 79.0 Å². The average Bonchev–Trinajstić information content (AvgIpc) is 2.83. The maximum Gasteiger partial charge on any atom is 0.253 e. The lowest BCUT2D eigenvalue weighted by Crippen LogP contribution is -2.28. The van der Waals surface area contributed by atoms with Crippen molar-refractivity contribution in [1.82, 2.24) is 10.3 Å². The van der Waals surface area contributed by atoms with Crippen molar-refractivity contribution < 1.29 is 19.1 Å². The smallest absolute Gasteiger partial charge is 0.253 e. The minimum atomic E-state index is -0.505. The highest BCUT2D eigenvalue weighted by molar-refractivity contribution is 6.07. The number of benzene rings is 2. The van der Waals surface area contributed by atoms with E-state index >= 15 is 0 Å². The van der Waals surface area contributed by atoms with Gasteiger partial charge in [0.25, 0.3) is 5.91 Å². The van der Waals surface area contributed by atoms with Crippen LogP contribution < -0.4 is 21.1 Å². The lowest BCUT2D eigenvalue weighted by molar-refractivity contribution is -0.118. The first-order chi connectivity index (χ1) is 16.0. The van der Waals surface area contributed by atoms with Gasteiger partial charge in [0, 0.05) is 25.2 Å². The zero-order valence-corrected chi connectivity index (χ0v) is 17.9. The molecule has 0 atom stereocenters. The topological polar surface area (TPSA) is 123 Å². The number of carbonyl (C=O) groups is 3. The van der Waals surface area contributed by atoms with Crippen molar-refractivity contribution in [2.24, 2.45) is 5.73 Å². The summed E-state index contributed by atoms with van der Waals surface area (Å²) in [6, 6.07) is 19.5. The van der Waals surface area contributed by atoms with Gasteiger partial charge in [-0.1, -0.05) is 30.3 Å².